The number of likely N-dealkylation sites (tertiary alicyclic amines) is 1. The van der Waals surface area contributed by atoms with Crippen LogP contribution in [-0.2, 0) is 28.7 Å². The summed E-state index contributed by atoms with van der Waals surface area (Å²) >= 11 is 0. The van der Waals surface area contributed by atoms with Gasteiger partial charge < -0.3 is 35.0 Å². The second-order valence-electron chi connectivity index (χ2n) is 14.6. The van der Waals surface area contributed by atoms with Crippen molar-refractivity contribution < 1.29 is 33.8 Å². The Hall–Kier alpha value is -3.02. The van der Waals surface area contributed by atoms with Crippen LogP contribution in [-0.4, -0.2) is 103 Å². The number of likely N-dealkylation sites (N-methyl/N-ethyl adjacent to an activating group) is 1. The molecule has 3 N–H and O–H groups in total. The molecule has 2 rings (SSSR count). The van der Waals surface area contributed by atoms with Gasteiger partial charge in [0.05, 0.1) is 48.8 Å². The second-order valence-corrected chi connectivity index (χ2v) is 14.6. The molecule has 0 aliphatic carbocycles. The number of carbonyl (C=O) groups excluding carboxylic acids is 4. The van der Waals surface area contributed by atoms with E-state index in [-0.39, 0.29) is 53.8 Å². The zero-order valence-electron chi connectivity index (χ0n) is 31.8. The Morgan fingerprint density at radius 2 is 1.59 bits per heavy atom. The van der Waals surface area contributed by atoms with Crippen LogP contribution in [0.1, 0.15) is 99.2 Å². The maximum absolute atomic E-state index is 14.1. The fourth-order valence-electron chi connectivity index (χ4n) is 7.02. The number of carbonyl (C=O) groups is 4. The predicted molar refractivity (Wildman–Crippen MR) is 191 cm³/mol. The number of hydrogen-bond donors (Lipinski definition) is 3. The molecule has 1 aromatic carbocycles. The molecule has 1 saturated heterocycles. The molecule has 0 radical (unpaired) electrons. The molecular formula is C38H64N4O7. The van der Waals surface area contributed by atoms with Gasteiger partial charge in [0.1, 0.15) is 6.04 Å². The highest BCUT2D eigenvalue weighted by atomic mass is 16.5. The molecule has 49 heavy (non-hydrogen) atoms. The lowest BCUT2D eigenvalue weighted by molar-refractivity contribution is -0.147. The van der Waals surface area contributed by atoms with E-state index in [1.165, 1.54) is 0 Å². The quantitative estimate of drug-likeness (QED) is 0.197. The van der Waals surface area contributed by atoms with Gasteiger partial charge in [0.2, 0.25) is 23.6 Å². The first-order chi connectivity index (χ1) is 23.1. The molecule has 11 heteroatoms. The molecule has 0 saturated carbocycles. The summed E-state index contributed by atoms with van der Waals surface area (Å²) in [6.07, 6.45) is 0.547. The summed E-state index contributed by atoms with van der Waals surface area (Å²) in [6.45, 7) is 15.9. The van der Waals surface area contributed by atoms with Gasteiger partial charge in [0.25, 0.3) is 0 Å². The van der Waals surface area contributed by atoms with E-state index in [2.05, 4.69) is 10.6 Å². The van der Waals surface area contributed by atoms with E-state index in [1.807, 2.05) is 71.9 Å². The number of hydrogen-bond acceptors (Lipinski definition) is 7. The van der Waals surface area contributed by atoms with E-state index >= 15 is 0 Å². The van der Waals surface area contributed by atoms with Crippen molar-refractivity contribution in [2.75, 3.05) is 27.8 Å². The average molecular weight is 689 g/mol. The van der Waals surface area contributed by atoms with Crippen molar-refractivity contribution in [1.82, 2.24) is 20.4 Å². The largest absolute Gasteiger partial charge is 0.386 e. The molecule has 0 bridgehead atoms. The van der Waals surface area contributed by atoms with Crippen molar-refractivity contribution in [3.05, 3.63) is 35.9 Å². The minimum Gasteiger partial charge on any atom is -0.386 e. The Morgan fingerprint density at radius 1 is 0.959 bits per heavy atom. The molecule has 1 heterocycles. The van der Waals surface area contributed by atoms with Crippen LogP contribution in [0.3, 0.4) is 0 Å². The maximum atomic E-state index is 14.1. The van der Waals surface area contributed by atoms with Crippen molar-refractivity contribution in [3.8, 4) is 0 Å². The number of aliphatic hydroxyl groups is 1. The van der Waals surface area contributed by atoms with E-state index in [0.717, 1.165) is 12.8 Å². The van der Waals surface area contributed by atoms with Crippen molar-refractivity contribution in [2.24, 2.45) is 23.7 Å². The Bertz CT molecular complexity index is 1200. The van der Waals surface area contributed by atoms with Crippen molar-refractivity contribution in [3.63, 3.8) is 0 Å². The third-order valence-electron chi connectivity index (χ3n) is 10.1. The number of benzene rings is 1. The molecule has 0 spiro atoms. The highest BCUT2D eigenvalue weighted by molar-refractivity contribution is 5.88. The van der Waals surface area contributed by atoms with Crippen LogP contribution in [0.5, 0.6) is 0 Å². The van der Waals surface area contributed by atoms with E-state index in [9.17, 15) is 24.3 Å². The number of ether oxygens (including phenoxy) is 2. The lowest BCUT2D eigenvalue weighted by Gasteiger charge is -2.41. The van der Waals surface area contributed by atoms with E-state index in [4.69, 9.17) is 9.47 Å². The van der Waals surface area contributed by atoms with Gasteiger partial charge in [0, 0.05) is 34.2 Å². The normalized spacial score (nSPS) is 19.8. The van der Waals surface area contributed by atoms with E-state index < -0.39 is 42.4 Å². The van der Waals surface area contributed by atoms with Crippen molar-refractivity contribution >= 4 is 23.6 Å². The van der Waals surface area contributed by atoms with E-state index in [0.29, 0.717) is 24.9 Å². The van der Waals surface area contributed by atoms with Gasteiger partial charge >= 0.3 is 0 Å². The summed E-state index contributed by atoms with van der Waals surface area (Å²) in [6, 6.07) is 7.21. The van der Waals surface area contributed by atoms with Crippen LogP contribution < -0.4 is 10.6 Å². The molecule has 1 aliphatic rings. The van der Waals surface area contributed by atoms with Crippen LogP contribution in [0.4, 0.5) is 0 Å². The molecule has 11 nitrogen and oxygen atoms in total. The SMILES string of the molecule is CC[C@H](C)[C@@H]([C@@H](CC(=O)N1CCC[C@@H]1[C@H](OC)[C@@H](C)C(=O)N[C@H](C)[C@@H](O)c1ccccc1)OC)N(C)C(=O)[C@@H](NC(=O)CC(C)C)C(C)C. The number of nitrogens with one attached hydrogen (secondary N) is 2. The molecule has 9 atom stereocenters. The summed E-state index contributed by atoms with van der Waals surface area (Å²) < 4.78 is 11.9. The molecular weight excluding hydrogens is 624 g/mol. The Morgan fingerprint density at radius 3 is 2.12 bits per heavy atom. The van der Waals surface area contributed by atoms with Gasteiger partial charge in [-0.05, 0) is 43.1 Å². The number of amides is 4. The monoisotopic (exact) mass is 688 g/mol. The van der Waals surface area contributed by atoms with E-state index in [1.54, 1.807) is 44.9 Å². The van der Waals surface area contributed by atoms with Crippen molar-refractivity contribution in [2.45, 2.75) is 130 Å². The first kappa shape index (κ1) is 42.1. The Labute approximate surface area is 294 Å². The molecule has 0 aromatic heterocycles. The number of aliphatic hydroxyl groups excluding tert-OH is 1. The smallest absolute Gasteiger partial charge is 0.245 e. The van der Waals surface area contributed by atoms with Crippen LogP contribution in [0.25, 0.3) is 0 Å². The van der Waals surface area contributed by atoms with Crippen LogP contribution in [0, 0.1) is 23.7 Å². The van der Waals surface area contributed by atoms with Crippen LogP contribution in [0.15, 0.2) is 30.3 Å². The zero-order valence-corrected chi connectivity index (χ0v) is 31.8. The minimum atomic E-state index is -0.871. The maximum Gasteiger partial charge on any atom is 0.245 e. The molecule has 278 valence electrons. The number of methoxy groups -OCH3 is 2. The third-order valence-corrected chi connectivity index (χ3v) is 10.1. The van der Waals surface area contributed by atoms with Gasteiger partial charge in [-0.1, -0.05) is 85.2 Å². The lowest BCUT2D eigenvalue weighted by Crippen LogP contribution is -2.58. The highest BCUT2D eigenvalue weighted by Crippen LogP contribution is 2.30. The molecule has 1 aliphatic heterocycles. The Balaban J connectivity index is 2.22. The number of nitrogens with zero attached hydrogens (tertiary/aromatic N) is 2. The lowest BCUT2D eigenvalue weighted by atomic mass is 9.89. The minimum absolute atomic E-state index is 0.00363. The fourth-order valence-corrected chi connectivity index (χ4v) is 7.02. The highest BCUT2D eigenvalue weighted by Gasteiger charge is 2.43. The molecule has 4 amide bonds. The summed E-state index contributed by atoms with van der Waals surface area (Å²) in [5.41, 5.74) is 0.713. The first-order valence-corrected chi connectivity index (χ1v) is 18.0. The van der Waals surface area contributed by atoms with Gasteiger partial charge in [-0.15, -0.1) is 0 Å². The number of rotatable bonds is 19. The average Bonchev–Trinajstić information content (AvgIpc) is 3.55. The predicted octanol–water partition coefficient (Wildman–Crippen LogP) is 4.33. The standard InChI is InChI=1S/C38H64N4O7/c1-12-25(6)34(41(9)38(47)33(24(4)5)40-31(43)21-23(2)3)30(48-10)22-32(44)42-20-16-19-29(42)36(49-11)26(7)37(46)39-27(8)35(45)28-17-14-13-15-18-28/h13-15,17-18,23-27,29-30,33-36,45H,12,16,19-22H2,1-11H3,(H,39,46)(H,40,43)/t25-,26+,27+,29+,30+,33-,34-,35+,36+/m0/s1. The van der Waals surface area contributed by atoms with Gasteiger partial charge in [-0.25, -0.2) is 0 Å². The van der Waals surface area contributed by atoms with Crippen molar-refractivity contribution in [1.29, 1.82) is 0 Å². The molecule has 1 aromatic rings. The first-order valence-electron chi connectivity index (χ1n) is 18.0. The van der Waals surface area contributed by atoms with Gasteiger partial charge in [-0.3, -0.25) is 19.2 Å². The molecule has 1 fully saturated rings. The summed E-state index contributed by atoms with van der Waals surface area (Å²) in [4.78, 5) is 57.5. The van der Waals surface area contributed by atoms with Crippen LogP contribution in [0.2, 0.25) is 0 Å². The summed E-state index contributed by atoms with van der Waals surface area (Å²) in [5, 5.41) is 16.7. The van der Waals surface area contributed by atoms with Crippen LogP contribution >= 0.6 is 0 Å². The van der Waals surface area contributed by atoms with Gasteiger partial charge in [-0.2, -0.15) is 0 Å². The zero-order chi connectivity index (χ0) is 37.0. The third kappa shape index (κ3) is 11.5. The topological polar surface area (TPSA) is 138 Å². The molecule has 0 unspecified atom stereocenters. The van der Waals surface area contributed by atoms with Gasteiger partial charge in [0.15, 0.2) is 0 Å². The summed E-state index contributed by atoms with van der Waals surface area (Å²) in [5.74, 6) is -1.32. The summed E-state index contributed by atoms with van der Waals surface area (Å²) in [7, 11) is 4.85. The second kappa shape index (κ2) is 20.0. The fraction of sp³-hybridized carbons (Fsp3) is 0.737. The Kier molecular flexibility index (Phi) is 17.2.